The van der Waals surface area contributed by atoms with E-state index < -0.39 is 10.0 Å². The van der Waals surface area contributed by atoms with Gasteiger partial charge in [0.25, 0.3) is 0 Å². The minimum atomic E-state index is -3.55. The second-order valence-corrected chi connectivity index (χ2v) is 10.5. The quantitative estimate of drug-likeness (QED) is 0.655. The van der Waals surface area contributed by atoms with Crippen molar-refractivity contribution < 1.29 is 13.2 Å². The summed E-state index contributed by atoms with van der Waals surface area (Å²) in [7, 11) is -3.55. The minimum Gasteiger partial charge on any atom is -0.302 e. The maximum absolute atomic E-state index is 13.0. The highest BCUT2D eigenvalue weighted by molar-refractivity contribution is 7.89. The lowest BCUT2D eigenvalue weighted by Gasteiger charge is -2.25. The van der Waals surface area contributed by atoms with E-state index in [1.54, 1.807) is 24.3 Å². The summed E-state index contributed by atoms with van der Waals surface area (Å²) in [5.74, 6) is -0.130. The molecule has 1 N–H and O–H groups in total. The molecule has 1 aromatic heterocycles. The van der Waals surface area contributed by atoms with Gasteiger partial charge in [-0.1, -0.05) is 47.5 Å². The molecule has 0 unspecified atom stereocenters. The second kappa shape index (κ2) is 8.29. The normalized spacial score (nSPS) is 14.3. The van der Waals surface area contributed by atoms with Crippen LogP contribution >= 0.6 is 11.3 Å². The number of anilines is 1. The smallest absolute Gasteiger partial charge is 0.243 e. The van der Waals surface area contributed by atoms with Crippen LogP contribution in [0.25, 0.3) is 0 Å². The minimum absolute atomic E-state index is 0.130. The van der Waals surface area contributed by atoms with Crippen LogP contribution in [-0.2, 0) is 34.2 Å². The zero-order valence-corrected chi connectivity index (χ0v) is 18.5. The van der Waals surface area contributed by atoms with Gasteiger partial charge in [0.2, 0.25) is 15.9 Å². The molecular weight excluding hydrogens is 418 g/mol. The molecule has 0 spiro atoms. The fourth-order valence-corrected chi connectivity index (χ4v) is 5.88. The molecule has 0 aliphatic carbocycles. The predicted molar refractivity (Wildman–Crippen MR) is 118 cm³/mol. The Balaban J connectivity index is 1.44. The Morgan fingerprint density at radius 2 is 1.70 bits per heavy atom. The van der Waals surface area contributed by atoms with Gasteiger partial charge in [-0.15, -0.1) is 11.3 Å². The zero-order valence-electron chi connectivity index (χ0n) is 16.9. The fourth-order valence-electron chi connectivity index (χ4n) is 3.34. The molecule has 1 amide bonds. The van der Waals surface area contributed by atoms with Gasteiger partial charge in [0.05, 0.1) is 23.6 Å². The number of hydrogen-bond acceptors (Lipinski definition) is 5. The Hall–Kier alpha value is -2.55. The van der Waals surface area contributed by atoms with Gasteiger partial charge in [0.1, 0.15) is 0 Å². The SMILES string of the molecule is Cc1ccc(CC(=O)Nc2nc3c(s2)CN(S(=O)(=O)c2ccc(C)cc2)CC3)cc1. The molecule has 1 aliphatic heterocycles. The molecule has 0 bridgehead atoms. The first kappa shape index (κ1) is 20.7. The van der Waals surface area contributed by atoms with Crippen molar-refractivity contribution in [1.82, 2.24) is 9.29 Å². The number of benzene rings is 2. The Bertz CT molecular complexity index is 1170. The first-order valence-electron chi connectivity index (χ1n) is 9.72. The average Bonchev–Trinajstić information content (AvgIpc) is 3.11. The number of aryl methyl sites for hydroxylation is 2. The highest BCUT2D eigenvalue weighted by atomic mass is 32.2. The van der Waals surface area contributed by atoms with Crippen molar-refractivity contribution in [3.63, 3.8) is 0 Å². The molecule has 8 heteroatoms. The number of fused-ring (bicyclic) bond motifs is 1. The van der Waals surface area contributed by atoms with Crippen LogP contribution in [-0.4, -0.2) is 30.2 Å². The second-order valence-electron chi connectivity index (χ2n) is 7.50. The Morgan fingerprint density at radius 1 is 1.07 bits per heavy atom. The van der Waals surface area contributed by atoms with Crippen LogP contribution in [0.4, 0.5) is 5.13 Å². The van der Waals surface area contributed by atoms with E-state index in [4.69, 9.17) is 0 Å². The number of hydrogen-bond donors (Lipinski definition) is 1. The summed E-state index contributed by atoms with van der Waals surface area (Å²) < 4.78 is 27.4. The molecule has 3 aromatic rings. The van der Waals surface area contributed by atoms with Crippen LogP contribution in [0.15, 0.2) is 53.4 Å². The Labute approximate surface area is 180 Å². The number of rotatable bonds is 5. The van der Waals surface area contributed by atoms with Crippen molar-refractivity contribution in [2.45, 2.75) is 38.1 Å². The van der Waals surface area contributed by atoms with Crippen LogP contribution < -0.4 is 5.32 Å². The van der Waals surface area contributed by atoms with Gasteiger partial charge < -0.3 is 5.32 Å². The first-order valence-corrected chi connectivity index (χ1v) is 12.0. The lowest BCUT2D eigenvalue weighted by molar-refractivity contribution is -0.115. The fraction of sp³-hybridized carbons (Fsp3) is 0.273. The average molecular weight is 442 g/mol. The molecule has 2 aromatic carbocycles. The van der Waals surface area contributed by atoms with Crippen LogP contribution in [0.3, 0.4) is 0 Å². The van der Waals surface area contributed by atoms with E-state index in [-0.39, 0.29) is 18.9 Å². The van der Waals surface area contributed by atoms with Crippen molar-refractivity contribution in [3.8, 4) is 0 Å². The maximum atomic E-state index is 13.0. The lowest BCUT2D eigenvalue weighted by Crippen LogP contribution is -2.35. The van der Waals surface area contributed by atoms with E-state index in [2.05, 4.69) is 10.3 Å². The molecule has 4 rings (SSSR count). The molecular formula is C22H23N3O3S2. The molecule has 156 valence electrons. The number of carbonyl (C=O) groups excluding carboxylic acids is 1. The third kappa shape index (κ3) is 4.45. The lowest BCUT2D eigenvalue weighted by atomic mass is 10.1. The third-order valence-corrected chi connectivity index (χ3v) is 7.94. The molecule has 30 heavy (non-hydrogen) atoms. The van der Waals surface area contributed by atoms with Crippen molar-refractivity contribution in [1.29, 1.82) is 0 Å². The molecule has 0 atom stereocenters. The largest absolute Gasteiger partial charge is 0.302 e. The van der Waals surface area contributed by atoms with Crippen LogP contribution in [0.2, 0.25) is 0 Å². The van der Waals surface area contributed by atoms with E-state index in [0.29, 0.717) is 23.0 Å². The Morgan fingerprint density at radius 3 is 2.37 bits per heavy atom. The van der Waals surface area contributed by atoms with Gasteiger partial charge in [0.15, 0.2) is 5.13 Å². The van der Waals surface area contributed by atoms with Gasteiger partial charge in [-0.25, -0.2) is 13.4 Å². The van der Waals surface area contributed by atoms with E-state index in [0.717, 1.165) is 27.3 Å². The summed E-state index contributed by atoms with van der Waals surface area (Å²) in [5.41, 5.74) is 3.97. The summed E-state index contributed by atoms with van der Waals surface area (Å²) in [4.78, 5) is 18.1. The number of carbonyl (C=O) groups is 1. The predicted octanol–water partition coefficient (Wildman–Crippen LogP) is 3.69. The molecule has 0 saturated carbocycles. The molecule has 1 aliphatic rings. The van der Waals surface area contributed by atoms with E-state index in [9.17, 15) is 13.2 Å². The monoisotopic (exact) mass is 441 g/mol. The topological polar surface area (TPSA) is 79.4 Å². The third-order valence-electron chi connectivity index (χ3n) is 5.09. The van der Waals surface area contributed by atoms with Crippen LogP contribution in [0, 0.1) is 13.8 Å². The Kier molecular flexibility index (Phi) is 5.73. The van der Waals surface area contributed by atoms with Crippen molar-refractivity contribution in [3.05, 3.63) is 75.8 Å². The highest BCUT2D eigenvalue weighted by Gasteiger charge is 2.30. The summed E-state index contributed by atoms with van der Waals surface area (Å²) in [6.07, 6.45) is 0.809. The number of nitrogens with zero attached hydrogens (tertiary/aromatic N) is 2. The first-order chi connectivity index (χ1) is 14.3. The summed E-state index contributed by atoms with van der Waals surface area (Å²) in [6, 6.07) is 14.7. The van der Waals surface area contributed by atoms with Crippen molar-refractivity contribution in [2.24, 2.45) is 0 Å². The number of amides is 1. The summed E-state index contributed by atoms with van der Waals surface area (Å²) in [5, 5.41) is 3.37. The van der Waals surface area contributed by atoms with Crippen molar-refractivity contribution in [2.75, 3.05) is 11.9 Å². The number of thiazole rings is 1. The van der Waals surface area contributed by atoms with E-state index >= 15 is 0 Å². The summed E-state index contributed by atoms with van der Waals surface area (Å²) in [6.45, 7) is 4.59. The molecule has 0 radical (unpaired) electrons. The van der Waals surface area contributed by atoms with Gasteiger partial charge in [-0.2, -0.15) is 4.31 Å². The molecule has 0 fully saturated rings. The molecule has 0 saturated heterocycles. The number of aromatic nitrogens is 1. The summed E-state index contributed by atoms with van der Waals surface area (Å²) >= 11 is 1.35. The number of nitrogens with one attached hydrogen (secondary N) is 1. The van der Waals surface area contributed by atoms with Gasteiger partial charge >= 0.3 is 0 Å². The zero-order chi connectivity index (χ0) is 21.3. The highest BCUT2D eigenvalue weighted by Crippen LogP contribution is 2.31. The maximum Gasteiger partial charge on any atom is 0.243 e. The van der Waals surface area contributed by atoms with E-state index in [1.165, 1.54) is 15.6 Å². The molecule has 6 nitrogen and oxygen atoms in total. The van der Waals surface area contributed by atoms with Gasteiger partial charge in [-0.3, -0.25) is 4.79 Å². The van der Waals surface area contributed by atoms with E-state index in [1.807, 2.05) is 38.1 Å². The van der Waals surface area contributed by atoms with Crippen LogP contribution in [0.1, 0.15) is 27.3 Å². The van der Waals surface area contributed by atoms with Gasteiger partial charge in [0, 0.05) is 17.8 Å². The standard InChI is InChI=1S/C22H23N3O3S2/c1-15-3-7-17(8-4-15)13-21(26)24-22-23-19-11-12-25(14-20(19)29-22)30(27,28)18-9-5-16(2)6-10-18/h3-10H,11-14H2,1-2H3,(H,23,24,26). The molecule has 2 heterocycles. The van der Waals surface area contributed by atoms with Gasteiger partial charge in [-0.05, 0) is 31.5 Å². The van der Waals surface area contributed by atoms with Crippen LogP contribution in [0.5, 0.6) is 0 Å². The number of sulfonamides is 1. The van der Waals surface area contributed by atoms with Crippen molar-refractivity contribution >= 4 is 32.4 Å².